The molecule has 0 bridgehead atoms. The Bertz CT molecular complexity index is 988. The van der Waals surface area contributed by atoms with Gasteiger partial charge in [-0.1, -0.05) is 17.3 Å². The highest BCUT2D eigenvalue weighted by Crippen LogP contribution is 2.32. The highest BCUT2D eigenvalue weighted by Gasteiger charge is 2.36. The maximum absolute atomic E-state index is 13.2. The van der Waals surface area contributed by atoms with E-state index in [1.807, 2.05) is 13.0 Å². The van der Waals surface area contributed by atoms with Crippen LogP contribution in [0.15, 0.2) is 48.8 Å². The molecule has 7 nitrogen and oxygen atoms in total. The van der Waals surface area contributed by atoms with Gasteiger partial charge in [0.25, 0.3) is 0 Å². The molecule has 2 atom stereocenters. The first kappa shape index (κ1) is 18.1. The lowest BCUT2D eigenvalue weighted by atomic mass is 10.1. The molecule has 1 aromatic carbocycles. The third-order valence-corrected chi connectivity index (χ3v) is 5.10. The number of halogens is 1. The average molecular weight is 381 g/mol. The second-order valence-electron chi connectivity index (χ2n) is 6.71. The number of methoxy groups -OCH3 is 1. The average Bonchev–Trinajstić information content (AvgIpc) is 3.34. The van der Waals surface area contributed by atoms with Gasteiger partial charge in [-0.3, -0.25) is 4.79 Å². The van der Waals surface area contributed by atoms with Crippen LogP contribution in [-0.4, -0.2) is 44.4 Å². The van der Waals surface area contributed by atoms with Crippen molar-refractivity contribution in [3.63, 3.8) is 0 Å². The van der Waals surface area contributed by atoms with Crippen LogP contribution < -0.4 is 4.74 Å². The molecule has 0 spiro atoms. The van der Waals surface area contributed by atoms with Crippen molar-refractivity contribution in [3.8, 4) is 17.1 Å². The van der Waals surface area contributed by atoms with E-state index in [1.54, 1.807) is 47.3 Å². The zero-order chi connectivity index (χ0) is 19.7. The molecule has 0 saturated carbocycles. The van der Waals surface area contributed by atoms with Crippen LogP contribution in [0.25, 0.3) is 11.3 Å². The molecule has 0 N–H and O–H groups in total. The van der Waals surface area contributed by atoms with E-state index >= 15 is 0 Å². The fourth-order valence-corrected chi connectivity index (χ4v) is 3.54. The van der Waals surface area contributed by atoms with E-state index in [1.165, 1.54) is 12.1 Å². The second-order valence-corrected chi connectivity index (χ2v) is 6.71. The smallest absolute Gasteiger partial charge is 0.248 e. The molecule has 4 rings (SSSR count). The fraction of sp³-hybridized carbons (Fsp3) is 0.300. The van der Waals surface area contributed by atoms with Gasteiger partial charge in [-0.2, -0.15) is 0 Å². The molecule has 1 fully saturated rings. The Kier molecular flexibility index (Phi) is 4.77. The lowest BCUT2D eigenvalue weighted by Crippen LogP contribution is -2.31. The number of likely N-dealkylation sites (tertiary alicyclic amines) is 1. The molecule has 1 saturated heterocycles. The minimum Gasteiger partial charge on any atom is -0.481 e. The van der Waals surface area contributed by atoms with Crippen molar-refractivity contribution in [1.82, 2.24) is 24.9 Å². The van der Waals surface area contributed by atoms with E-state index in [4.69, 9.17) is 4.74 Å². The summed E-state index contributed by atoms with van der Waals surface area (Å²) >= 11 is 0. The van der Waals surface area contributed by atoms with Crippen LogP contribution >= 0.6 is 0 Å². The van der Waals surface area contributed by atoms with Gasteiger partial charge < -0.3 is 9.64 Å². The Morgan fingerprint density at radius 1 is 1.25 bits per heavy atom. The standard InChI is InChI=1S/C20H20FN5O2/c1-13(14-5-7-15(21)8-6-14)25-11-9-18(20(25)27)26-12-17(23-24-26)16-4-3-10-22-19(16)28-2/h3-8,10,12-13,18H,9,11H2,1-2H3. The van der Waals surface area contributed by atoms with E-state index in [9.17, 15) is 9.18 Å². The molecule has 0 aliphatic carbocycles. The van der Waals surface area contributed by atoms with Gasteiger partial charge >= 0.3 is 0 Å². The number of ether oxygens (including phenoxy) is 1. The number of amides is 1. The highest BCUT2D eigenvalue weighted by molar-refractivity contribution is 5.83. The molecule has 2 unspecified atom stereocenters. The number of carbonyl (C=O) groups is 1. The number of hydrogen-bond acceptors (Lipinski definition) is 5. The maximum Gasteiger partial charge on any atom is 0.248 e. The number of rotatable bonds is 5. The third kappa shape index (κ3) is 3.21. The first-order chi connectivity index (χ1) is 13.6. The summed E-state index contributed by atoms with van der Waals surface area (Å²) in [7, 11) is 1.55. The Balaban J connectivity index is 1.54. The van der Waals surface area contributed by atoms with Crippen LogP contribution in [0.2, 0.25) is 0 Å². The van der Waals surface area contributed by atoms with Crippen molar-refractivity contribution in [1.29, 1.82) is 0 Å². The topological polar surface area (TPSA) is 73.1 Å². The summed E-state index contributed by atoms with van der Waals surface area (Å²) < 4.78 is 20.0. The monoisotopic (exact) mass is 381 g/mol. The minimum absolute atomic E-state index is 0.0218. The number of hydrogen-bond donors (Lipinski definition) is 0. The zero-order valence-electron chi connectivity index (χ0n) is 15.6. The van der Waals surface area contributed by atoms with Gasteiger partial charge in [-0.25, -0.2) is 14.1 Å². The first-order valence-electron chi connectivity index (χ1n) is 9.05. The summed E-state index contributed by atoms with van der Waals surface area (Å²) in [6.07, 6.45) is 4.02. The van der Waals surface area contributed by atoms with Gasteiger partial charge in [0.05, 0.1) is 24.9 Å². The molecule has 3 aromatic rings. The Morgan fingerprint density at radius 2 is 2.04 bits per heavy atom. The van der Waals surface area contributed by atoms with Crippen LogP contribution in [-0.2, 0) is 4.79 Å². The third-order valence-electron chi connectivity index (χ3n) is 5.10. The molecule has 1 amide bonds. The number of nitrogens with zero attached hydrogens (tertiary/aromatic N) is 5. The lowest BCUT2D eigenvalue weighted by molar-refractivity contribution is -0.132. The Morgan fingerprint density at radius 3 is 2.79 bits per heavy atom. The van der Waals surface area contributed by atoms with Gasteiger partial charge in [-0.15, -0.1) is 5.10 Å². The van der Waals surface area contributed by atoms with Crippen molar-refractivity contribution in [3.05, 3.63) is 60.2 Å². The van der Waals surface area contributed by atoms with Crippen molar-refractivity contribution >= 4 is 5.91 Å². The van der Waals surface area contributed by atoms with E-state index in [0.717, 1.165) is 11.1 Å². The fourth-order valence-electron chi connectivity index (χ4n) is 3.54. The van der Waals surface area contributed by atoms with E-state index in [0.29, 0.717) is 24.5 Å². The lowest BCUT2D eigenvalue weighted by Gasteiger charge is -2.25. The molecule has 1 aliphatic heterocycles. The largest absolute Gasteiger partial charge is 0.481 e. The molecule has 1 aliphatic rings. The SMILES string of the molecule is COc1ncccc1-c1cn(C2CCN(C(C)c3ccc(F)cc3)C2=O)nn1. The van der Waals surface area contributed by atoms with Gasteiger partial charge in [0.1, 0.15) is 17.6 Å². The van der Waals surface area contributed by atoms with Crippen LogP contribution in [0.4, 0.5) is 4.39 Å². The van der Waals surface area contributed by atoms with E-state index in [-0.39, 0.29) is 17.8 Å². The molecule has 144 valence electrons. The Labute approximate surface area is 161 Å². The molecule has 0 radical (unpaired) electrons. The van der Waals surface area contributed by atoms with Gasteiger partial charge in [0, 0.05) is 12.7 Å². The molecule has 8 heteroatoms. The normalized spacial score (nSPS) is 17.8. The molecule has 3 heterocycles. The van der Waals surface area contributed by atoms with Crippen molar-refractivity contribution in [2.24, 2.45) is 0 Å². The summed E-state index contributed by atoms with van der Waals surface area (Å²) in [6, 6.07) is 9.34. The van der Waals surface area contributed by atoms with Crippen LogP contribution in [0.1, 0.15) is 31.0 Å². The second kappa shape index (κ2) is 7.38. The highest BCUT2D eigenvalue weighted by atomic mass is 19.1. The van der Waals surface area contributed by atoms with Gasteiger partial charge in [0.15, 0.2) is 0 Å². The first-order valence-corrected chi connectivity index (χ1v) is 9.05. The van der Waals surface area contributed by atoms with Gasteiger partial charge in [-0.05, 0) is 43.2 Å². The summed E-state index contributed by atoms with van der Waals surface area (Å²) in [4.78, 5) is 18.9. The number of aromatic nitrogens is 4. The summed E-state index contributed by atoms with van der Waals surface area (Å²) in [5.41, 5.74) is 2.22. The van der Waals surface area contributed by atoms with E-state index in [2.05, 4.69) is 15.3 Å². The number of carbonyl (C=O) groups excluding carboxylic acids is 1. The summed E-state index contributed by atoms with van der Waals surface area (Å²) in [6.45, 7) is 2.55. The quantitative estimate of drug-likeness (QED) is 0.679. The predicted octanol–water partition coefficient (Wildman–Crippen LogP) is 3.02. The molecule has 28 heavy (non-hydrogen) atoms. The number of pyridine rings is 1. The Hall–Kier alpha value is -3.29. The summed E-state index contributed by atoms with van der Waals surface area (Å²) in [5, 5.41) is 8.36. The maximum atomic E-state index is 13.2. The predicted molar refractivity (Wildman–Crippen MR) is 100.0 cm³/mol. The van der Waals surface area contributed by atoms with Crippen LogP contribution in [0.5, 0.6) is 5.88 Å². The van der Waals surface area contributed by atoms with Crippen LogP contribution in [0.3, 0.4) is 0 Å². The van der Waals surface area contributed by atoms with Gasteiger partial charge in [0.2, 0.25) is 11.8 Å². The molecule has 2 aromatic heterocycles. The van der Waals surface area contributed by atoms with Crippen molar-refractivity contribution < 1.29 is 13.9 Å². The van der Waals surface area contributed by atoms with Crippen molar-refractivity contribution in [2.75, 3.05) is 13.7 Å². The van der Waals surface area contributed by atoms with E-state index < -0.39 is 6.04 Å². The number of benzene rings is 1. The summed E-state index contributed by atoms with van der Waals surface area (Å²) in [5.74, 6) is 0.146. The zero-order valence-corrected chi connectivity index (χ0v) is 15.6. The molecular formula is C20H20FN5O2. The minimum atomic E-state index is -0.410. The molecular weight excluding hydrogens is 361 g/mol. The van der Waals surface area contributed by atoms with Crippen molar-refractivity contribution in [2.45, 2.75) is 25.4 Å². The van der Waals surface area contributed by atoms with Crippen LogP contribution in [0, 0.1) is 5.82 Å².